The molecule has 0 bridgehead atoms. The number of halogens is 1. The number of aromatic hydroxyl groups is 1. The Labute approximate surface area is 163 Å². The molecule has 1 fully saturated rings. The van der Waals surface area contributed by atoms with Gasteiger partial charge in [-0.3, -0.25) is 9.67 Å². The van der Waals surface area contributed by atoms with Gasteiger partial charge in [0.1, 0.15) is 17.1 Å². The SMILES string of the molecule is Cc1c(CC2=CCC(C3CC3)(n3cccn3)C=C2)cnc2c(F)ccc(O)c12. The third kappa shape index (κ3) is 2.65. The van der Waals surface area contributed by atoms with Crippen LogP contribution in [0.3, 0.4) is 0 Å². The summed E-state index contributed by atoms with van der Waals surface area (Å²) in [5, 5.41) is 15.2. The van der Waals surface area contributed by atoms with E-state index in [1.807, 2.05) is 19.2 Å². The Morgan fingerprint density at radius 2 is 2.18 bits per heavy atom. The van der Waals surface area contributed by atoms with E-state index in [9.17, 15) is 9.50 Å². The van der Waals surface area contributed by atoms with Crippen molar-refractivity contribution in [1.29, 1.82) is 0 Å². The Balaban J connectivity index is 1.45. The van der Waals surface area contributed by atoms with E-state index in [2.05, 4.69) is 39.2 Å². The zero-order chi connectivity index (χ0) is 19.3. The molecule has 1 atom stereocenters. The quantitative estimate of drug-likeness (QED) is 0.711. The van der Waals surface area contributed by atoms with E-state index in [0.717, 1.165) is 17.5 Å². The standard InChI is InChI=1S/C23H22FN3O/c1-15-17(14-25-22-19(24)5-6-20(28)21(15)22)13-16-7-9-23(10-8-16,18-3-4-18)27-12-2-11-26-27/h2,5-9,11-12,14,18,28H,3-4,10,13H2,1H3. The molecule has 2 heterocycles. The number of hydrogen-bond donors (Lipinski definition) is 1. The molecular formula is C23H22FN3O. The maximum Gasteiger partial charge on any atom is 0.149 e. The van der Waals surface area contributed by atoms with Crippen molar-refractivity contribution in [2.75, 3.05) is 0 Å². The van der Waals surface area contributed by atoms with Gasteiger partial charge in [-0.25, -0.2) is 4.39 Å². The Morgan fingerprint density at radius 1 is 1.32 bits per heavy atom. The lowest BCUT2D eigenvalue weighted by atomic mass is 9.83. The Kier molecular flexibility index (Phi) is 3.86. The predicted molar refractivity (Wildman–Crippen MR) is 107 cm³/mol. The van der Waals surface area contributed by atoms with Crippen LogP contribution in [0.15, 0.2) is 60.6 Å². The van der Waals surface area contributed by atoms with Crippen molar-refractivity contribution in [2.24, 2.45) is 5.92 Å². The van der Waals surface area contributed by atoms with Gasteiger partial charge in [-0.15, -0.1) is 0 Å². The normalized spacial score (nSPS) is 21.9. The molecule has 5 rings (SSSR count). The van der Waals surface area contributed by atoms with Crippen LogP contribution in [0.1, 0.15) is 30.4 Å². The average molecular weight is 375 g/mol. The highest BCUT2D eigenvalue weighted by Crippen LogP contribution is 2.49. The van der Waals surface area contributed by atoms with E-state index >= 15 is 0 Å². The van der Waals surface area contributed by atoms with Crippen LogP contribution in [0.25, 0.3) is 10.9 Å². The summed E-state index contributed by atoms with van der Waals surface area (Å²) in [4.78, 5) is 4.27. The van der Waals surface area contributed by atoms with Crippen molar-refractivity contribution >= 4 is 10.9 Å². The van der Waals surface area contributed by atoms with Crippen molar-refractivity contribution in [3.63, 3.8) is 0 Å². The minimum atomic E-state index is -0.410. The molecule has 28 heavy (non-hydrogen) atoms. The van der Waals surface area contributed by atoms with Crippen LogP contribution in [0.5, 0.6) is 5.75 Å². The lowest BCUT2D eigenvalue weighted by molar-refractivity contribution is 0.287. The summed E-state index contributed by atoms with van der Waals surface area (Å²) in [6, 6.07) is 4.62. The van der Waals surface area contributed by atoms with E-state index < -0.39 is 5.82 Å². The second-order valence-electron chi connectivity index (χ2n) is 7.91. The number of rotatable bonds is 4. The van der Waals surface area contributed by atoms with Crippen molar-refractivity contribution < 1.29 is 9.50 Å². The number of pyridine rings is 1. The number of allylic oxidation sites excluding steroid dienone is 4. The molecule has 1 unspecified atom stereocenters. The highest BCUT2D eigenvalue weighted by molar-refractivity contribution is 5.89. The molecule has 0 radical (unpaired) electrons. The van der Waals surface area contributed by atoms with Gasteiger partial charge in [-0.1, -0.05) is 18.2 Å². The van der Waals surface area contributed by atoms with Crippen molar-refractivity contribution in [1.82, 2.24) is 14.8 Å². The van der Waals surface area contributed by atoms with Crippen LogP contribution < -0.4 is 0 Å². The van der Waals surface area contributed by atoms with Crippen molar-refractivity contribution in [3.8, 4) is 5.75 Å². The third-order valence-electron chi connectivity index (χ3n) is 6.20. The number of aromatic nitrogens is 3. The summed E-state index contributed by atoms with van der Waals surface area (Å²) < 4.78 is 16.1. The molecule has 142 valence electrons. The van der Waals surface area contributed by atoms with E-state index in [1.165, 1.54) is 30.5 Å². The van der Waals surface area contributed by atoms with Gasteiger partial charge in [-0.05, 0) is 73.4 Å². The number of phenolic OH excluding ortho intramolecular Hbond substituents is 1. The van der Waals surface area contributed by atoms with Crippen LogP contribution in [-0.2, 0) is 12.0 Å². The molecule has 2 aromatic heterocycles. The minimum absolute atomic E-state index is 0.0505. The van der Waals surface area contributed by atoms with Gasteiger partial charge in [0, 0.05) is 24.0 Å². The van der Waals surface area contributed by atoms with E-state index in [1.54, 1.807) is 6.20 Å². The van der Waals surface area contributed by atoms with Gasteiger partial charge >= 0.3 is 0 Å². The van der Waals surface area contributed by atoms with Gasteiger partial charge < -0.3 is 5.11 Å². The lowest BCUT2D eigenvalue weighted by Crippen LogP contribution is -2.35. The monoisotopic (exact) mass is 375 g/mol. The molecule has 0 amide bonds. The molecule has 1 aromatic carbocycles. The maximum atomic E-state index is 14.0. The molecule has 1 saturated carbocycles. The van der Waals surface area contributed by atoms with Gasteiger partial charge in [0.2, 0.25) is 0 Å². The molecular weight excluding hydrogens is 353 g/mol. The second-order valence-corrected chi connectivity index (χ2v) is 7.91. The molecule has 3 aromatic rings. The molecule has 0 aliphatic heterocycles. The smallest absolute Gasteiger partial charge is 0.149 e. The zero-order valence-corrected chi connectivity index (χ0v) is 15.8. The lowest BCUT2D eigenvalue weighted by Gasteiger charge is -2.33. The Bertz CT molecular complexity index is 1110. The summed E-state index contributed by atoms with van der Waals surface area (Å²) in [5.41, 5.74) is 3.26. The second kappa shape index (κ2) is 6.30. The van der Waals surface area contributed by atoms with Crippen LogP contribution in [0, 0.1) is 18.7 Å². The molecule has 1 N–H and O–H groups in total. The zero-order valence-electron chi connectivity index (χ0n) is 15.8. The number of phenols is 1. The van der Waals surface area contributed by atoms with Gasteiger partial charge in [0.05, 0.1) is 5.54 Å². The fraction of sp³-hybridized carbons (Fsp3) is 0.304. The van der Waals surface area contributed by atoms with E-state index in [0.29, 0.717) is 17.7 Å². The minimum Gasteiger partial charge on any atom is -0.507 e. The van der Waals surface area contributed by atoms with Crippen LogP contribution in [0.2, 0.25) is 0 Å². The summed E-state index contributed by atoms with van der Waals surface area (Å²) in [6.45, 7) is 1.92. The molecule has 0 spiro atoms. The maximum absolute atomic E-state index is 14.0. The predicted octanol–water partition coefficient (Wildman–Crippen LogP) is 4.82. The van der Waals surface area contributed by atoms with E-state index in [4.69, 9.17) is 0 Å². The first-order chi connectivity index (χ1) is 13.6. The first-order valence-electron chi connectivity index (χ1n) is 9.72. The third-order valence-corrected chi connectivity index (χ3v) is 6.20. The molecule has 5 heteroatoms. The van der Waals surface area contributed by atoms with Crippen LogP contribution in [0.4, 0.5) is 4.39 Å². The summed E-state index contributed by atoms with van der Waals surface area (Å²) in [6.07, 6.45) is 16.5. The molecule has 2 aliphatic rings. The first kappa shape index (κ1) is 17.2. The molecule has 0 saturated heterocycles. The topological polar surface area (TPSA) is 50.9 Å². The first-order valence-corrected chi connectivity index (χ1v) is 9.72. The number of hydrogen-bond acceptors (Lipinski definition) is 3. The van der Waals surface area contributed by atoms with Crippen LogP contribution in [-0.4, -0.2) is 19.9 Å². The number of nitrogens with zero attached hydrogens (tertiary/aromatic N) is 3. The largest absolute Gasteiger partial charge is 0.507 e. The van der Waals surface area contributed by atoms with E-state index in [-0.39, 0.29) is 16.8 Å². The number of fused-ring (bicyclic) bond motifs is 1. The van der Waals surface area contributed by atoms with Crippen molar-refractivity contribution in [2.45, 2.75) is 38.1 Å². The van der Waals surface area contributed by atoms with Gasteiger partial charge in [0.15, 0.2) is 0 Å². The average Bonchev–Trinajstić information content (AvgIpc) is 3.42. The van der Waals surface area contributed by atoms with Gasteiger partial charge in [-0.2, -0.15) is 5.10 Å². The summed E-state index contributed by atoms with van der Waals surface area (Å²) in [5.74, 6) is 0.306. The molecule has 2 aliphatic carbocycles. The fourth-order valence-corrected chi connectivity index (χ4v) is 4.42. The molecule has 4 nitrogen and oxygen atoms in total. The van der Waals surface area contributed by atoms with Crippen LogP contribution >= 0.6 is 0 Å². The highest BCUT2D eigenvalue weighted by Gasteiger charge is 2.45. The summed E-state index contributed by atoms with van der Waals surface area (Å²) >= 11 is 0. The fourth-order valence-electron chi connectivity index (χ4n) is 4.42. The number of aryl methyl sites for hydroxylation is 1. The highest BCUT2D eigenvalue weighted by atomic mass is 19.1. The summed E-state index contributed by atoms with van der Waals surface area (Å²) in [7, 11) is 0. The van der Waals surface area contributed by atoms with Crippen molar-refractivity contribution in [3.05, 3.63) is 77.5 Å². The Morgan fingerprint density at radius 3 is 2.86 bits per heavy atom. The Hall–Kier alpha value is -2.95. The van der Waals surface area contributed by atoms with Gasteiger partial charge in [0.25, 0.3) is 0 Å². The number of benzene rings is 1.